The topological polar surface area (TPSA) is 157 Å². The molecule has 0 aliphatic carbocycles. The quantitative estimate of drug-likeness (QED) is 0.162. The predicted octanol–water partition coefficient (Wildman–Crippen LogP) is 1.14. The molecule has 0 aromatic carbocycles. The van der Waals surface area contributed by atoms with Crippen LogP contribution in [0, 0.1) is 17.2 Å². The van der Waals surface area contributed by atoms with E-state index in [2.05, 4.69) is 0 Å². The normalized spacial score (nSPS) is 30.2. The van der Waals surface area contributed by atoms with E-state index in [4.69, 9.17) is 15.9 Å². The first-order chi connectivity index (χ1) is 15.0. The van der Waals surface area contributed by atoms with Gasteiger partial charge < -0.3 is 30.5 Å². The predicted molar refractivity (Wildman–Crippen MR) is 122 cm³/mol. The largest absolute Gasteiger partial charge is 0.477 e. The first-order valence-electron chi connectivity index (χ1n) is 10.5. The summed E-state index contributed by atoms with van der Waals surface area (Å²) in [5, 5.41) is 28.0. The van der Waals surface area contributed by atoms with Crippen LogP contribution in [0.2, 0.25) is 0 Å². The van der Waals surface area contributed by atoms with Crippen molar-refractivity contribution >= 4 is 47.3 Å². The lowest BCUT2D eigenvalue weighted by Gasteiger charge is -2.46. The standard InChI is InChI=1S/C20H30N4O6S2/c1-9-15-14(10(2)25)18(26)24(15)16(19(27)28)17(9)32-13-6-12(23(7-13)11(3)21)8-31-5-4-30-20(22)29/h9-10,12-15,21,25H,4-8H2,1-3H3,(H2,22,29)(H,27,28)/t9-,10-,12+,13+,14-,15?/m1/s1. The molecule has 2 fully saturated rings. The summed E-state index contributed by atoms with van der Waals surface area (Å²) in [6.45, 7) is 6.06. The Morgan fingerprint density at radius 2 is 2.09 bits per heavy atom. The van der Waals surface area contributed by atoms with E-state index < -0.39 is 24.1 Å². The van der Waals surface area contributed by atoms with Crippen LogP contribution in [0.4, 0.5) is 4.79 Å². The lowest BCUT2D eigenvalue weighted by Crippen LogP contribution is -2.63. The Bertz CT molecular complexity index is 835. The Morgan fingerprint density at radius 3 is 2.66 bits per heavy atom. The van der Waals surface area contributed by atoms with E-state index >= 15 is 0 Å². The number of fused-ring (bicyclic) bond motifs is 1. The van der Waals surface area contributed by atoms with Crippen LogP contribution in [0.3, 0.4) is 0 Å². The molecule has 0 spiro atoms. The number of nitrogens with one attached hydrogen (secondary N) is 1. The van der Waals surface area contributed by atoms with Crippen molar-refractivity contribution in [1.29, 1.82) is 5.41 Å². The number of amides is 2. The third kappa shape index (κ3) is 4.72. The van der Waals surface area contributed by atoms with Crippen molar-refractivity contribution in [2.45, 2.75) is 50.6 Å². The number of rotatable bonds is 9. The summed E-state index contributed by atoms with van der Waals surface area (Å²) in [5.74, 6) is -0.405. The fraction of sp³-hybridized carbons (Fsp3) is 0.700. The average molecular weight is 487 g/mol. The molecule has 32 heavy (non-hydrogen) atoms. The number of primary amides is 1. The van der Waals surface area contributed by atoms with Gasteiger partial charge in [-0.3, -0.25) is 10.2 Å². The highest BCUT2D eigenvalue weighted by Crippen LogP contribution is 2.52. The van der Waals surface area contributed by atoms with Gasteiger partial charge in [-0.1, -0.05) is 6.92 Å². The van der Waals surface area contributed by atoms with Crippen molar-refractivity contribution in [1.82, 2.24) is 9.80 Å². The molecular weight excluding hydrogens is 456 g/mol. The van der Waals surface area contributed by atoms with Gasteiger partial charge in [0, 0.05) is 40.2 Å². The molecule has 3 rings (SSSR count). The highest BCUT2D eigenvalue weighted by atomic mass is 32.2. The third-order valence-electron chi connectivity index (χ3n) is 6.19. The maximum atomic E-state index is 12.5. The van der Waals surface area contributed by atoms with Crippen molar-refractivity contribution in [2.24, 2.45) is 17.6 Å². The van der Waals surface area contributed by atoms with Crippen molar-refractivity contribution in [3.63, 3.8) is 0 Å². The minimum atomic E-state index is -1.13. The first-order valence-corrected chi connectivity index (χ1v) is 12.5. The number of ether oxygens (including phenoxy) is 1. The van der Waals surface area contributed by atoms with Crippen LogP contribution in [-0.4, -0.2) is 91.9 Å². The zero-order chi connectivity index (χ0) is 23.7. The van der Waals surface area contributed by atoms with E-state index in [-0.39, 0.29) is 41.5 Å². The molecule has 3 heterocycles. The van der Waals surface area contributed by atoms with Crippen LogP contribution in [0.25, 0.3) is 0 Å². The number of hydrogen-bond acceptors (Lipinski definition) is 8. The van der Waals surface area contributed by atoms with Gasteiger partial charge in [-0.05, 0) is 20.3 Å². The molecule has 0 bridgehead atoms. The molecule has 178 valence electrons. The number of likely N-dealkylation sites (tertiary alicyclic amines) is 1. The summed E-state index contributed by atoms with van der Waals surface area (Å²) < 4.78 is 4.74. The summed E-state index contributed by atoms with van der Waals surface area (Å²) in [7, 11) is 0. The van der Waals surface area contributed by atoms with Gasteiger partial charge in [-0.2, -0.15) is 11.8 Å². The number of hydrogen-bond donors (Lipinski definition) is 4. The number of β-lactam (4-membered cyclic amide) rings is 1. The summed E-state index contributed by atoms with van der Waals surface area (Å²) in [5.41, 5.74) is 5.00. The fourth-order valence-electron chi connectivity index (χ4n) is 4.81. The fourth-order valence-corrected chi connectivity index (χ4v) is 7.33. The Balaban J connectivity index is 1.68. The number of carboxylic acids is 1. The molecule has 10 nitrogen and oxygen atoms in total. The number of carbonyl (C=O) groups excluding carboxylic acids is 2. The van der Waals surface area contributed by atoms with Crippen molar-refractivity contribution < 1.29 is 29.3 Å². The van der Waals surface area contributed by atoms with Crippen molar-refractivity contribution in [2.75, 3.05) is 24.7 Å². The van der Waals surface area contributed by atoms with Gasteiger partial charge in [0.1, 0.15) is 12.3 Å². The van der Waals surface area contributed by atoms with E-state index in [1.165, 1.54) is 16.7 Å². The Morgan fingerprint density at radius 1 is 1.41 bits per heavy atom. The zero-order valence-electron chi connectivity index (χ0n) is 18.3. The lowest BCUT2D eigenvalue weighted by atomic mass is 9.79. The first kappa shape index (κ1) is 24.7. The molecule has 0 radical (unpaired) electrons. The highest BCUT2D eigenvalue weighted by molar-refractivity contribution is 8.03. The summed E-state index contributed by atoms with van der Waals surface area (Å²) in [4.78, 5) is 39.2. The molecule has 2 amide bonds. The van der Waals surface area contributed by atoms with Crippen LogP contribution in [0.1, 0.15) is 27.2 Å². The van der Waals surface area contributed by atoms with Crippen molar-refractivity contribution in [3.8, 4) is 0 Å². The number of carbonyl (C=O) groups is 3. The van der Waals surface area contributed by atoms with Gasteiger partial charge in [-0.15, -0.1) is 11.8 Å². The molecule has 1 unspecified atom stereocenters. The number of aliphatic carboxylic acids is 1. The molecule has 0 aromatic rings. The monoisotopic (exact) mass is 486 g/mol. The van der Waals surface area contributed by atoms with Gasteiger partial charge in [0.25, 0.3) is 0 Å². The van der Waals surface area contributed by atoms with E-state index in [0.29, 0.717) is 23.0 Å². The van der Waals surface area contributed by atoms with Gasteiger partial charge in [-0.25, -0.2) is 9.59 Å². The second kappa shape index (κ2) is 9.92. The number of nitrogens with two attached hydrogens (primary N) is 1. The van der Waals surface area contributed by atoms with E-state index in [0.717, 1.165) is 12.2 Å². The van der Waals surface area contributed by atoms with E-state index in [1.54, 1.807) is 25.6 Å². The highest BCUT2D eigenvalue weighted by Gasteiger charge is 2.60. The summed E-state index contributed by atoms with van der Waals surface area (Å²) in [6.07, 6.45) is -0.853. The second-order valence-electron chi connectivity index (χ2n) is 8.38. The number of aliphatic hydroxyl groups is 1. The van der Waals surface area contributed by atoms with Crippen LogP contribution < -0.4 is 5.73 Å². The average Bonchev–Trinajstić information content (AvgIpc) is 3.19. The van der Waals surface area contributed by atoms with Crippen LogP contribution in [0.5, 0.6) is 0 Å². The molecule has 2 saturated heterocycles. The smallest absolute Gasteiger partial charge is 0.404 e. The molecule has 6 atom stereocenters. The van der Waals surface area contributed by atoms with Gasteiger partial charge in [0.2, 0.25) is 5.91 Å². The zero-order valence-corrected chi connectivity index (χ0v) is 19.9. The SMILES string of the molecule is CC(=N)N1C[C@@H](SC2=C(C(=O)O)N3C(=O)[C@H]([C@@H](C)O)C3[C@H]2C)C[C@H]1CSCCOC(N)=O. The molecule has 0 saturated carbocycles. The number of nitrogens with zero attached hydrogens (tertiary/aromatic N) is 2. The molecule has 12 heteroatoms. The molecule has 5 N–H and O–H groups in total. The molecule has 3 aliphatic rings. The Kier molecular flexibility index (Phi) is 7.66. The lowest BCUT2D eigenvalue weighted by molar-refractivity contribution is -0.163. The molecule has 3 aliphatic heterocycles. The van der Waals surface area contributed by atoms with E-state index in [9.17, 15) is 24.6 Å². The second-order valence-corrected chi connectivity index (χ2v) is 10.9. The summed E-state index contributed by atoms with van der Waals surface area (Å²) in [6, 6.07) is -0.215. The minimum Gasteiger partial charge on any atom is -0.477 e. The maximum Gasteiger partial charge on any atom is 0.404 e. The molecule has 0 aromatic heterocycles. The third-order valence-corrected chi connectivity index (χ3v) is 8.76. The Labute approximate surface area is 195 Å². The van der Waals surface area contributed by atoms with Crippen LogP contribution >= 0.6 is 23.5 Å². The van der Waals surface area contributed by atoms with Gasteiger partial charge >= 0.3 is 12.1 Å². The van der Waals surface area contributed by atoms with Crippen molar-refractivity contribution in [3.05, 3.63) is 10.6 Å². The van der Waals surface area contributed by atoms with Crippen LogP contribution in [-0.2, 0) is 14.3 Å². The summed E-state index contributed by atoms with van der Waals surface area (Å²) >= 11 is 3.10. The molecular formula is C20H30N4O6S2. The number of thioether (sulfide) groups is 2. The Hall–Kier alpha value is -1.92. The number of amidine groups is 1. The maximum absolute atomic E-state index is 12.5. The van der Waals surface area contributed by atoms with Gasteiger partial charge in [0.15, 0.2) is 0 Å². The number of aliphatic hydroxyl groups excluding tert-OH is 1. The van der Waals surface area contributed by atoms with E-state index in [1.807, 2.05) is 11.8 Å². The number of carboxylic acid groups (broad SMARTS) is 1. The van der Waals surface area contributed by atoms with Crippen LogP contribution in [0.15, 0.2) is 10.6 Å². The van der Waals surface area contributed by atoms with Gasteiger partial charge in [0.05, 0.1) is 23.9 Å². The minimum absolute atomic E-state index is 0.0361.